The van der Waals surface area contributed by atoms with Gasteiger partial charge in [-0.1, -0.05) is 0 Å². The van der Waals surface area contributed by atoms with E-state index in [-0.39, 0.29) is 24.3 Å². The van der Waals surface area contributed by atoms with Crippen molar-refractivity contribution in [2.24, 2.45) is 0 Å². The number of carbonyl (C=O) groups excluding carboxylic acids is 2. The molecule has 8 heteroatoms. The first-order valence-corrected chi connectivity index (χ1v) is 8.30. The molecule has 2 aromatic heterocycles. The zero-order valence-electron chi connectivity index (χ0n) is 14.2. The van der Waals surface area contributed by atoms with Crippen molar-refractivity contribution in [2.45, 2.75) is 25.9 Å². The third-order valence-corrected chi connectivity index (χ3v) is 4.10. The predicted molar refractivity (Wildman–Crippen MR) is 88.9 cm³/mol. The molecule has 0 spiro atoms. The van der Waals surface area contributed by atoms with Gasteiger partial charge in [-0.05, 0) is 18.6 Å². The van der Waals surface area contributed by atoms with E-state index in [0.717, 1.165) is 5.56 Å². The average Bonchev–Trinajstić information content (AvgIpc) is 3.27. The van der Waals surface area contributed by atoms with Crippen LogP contribution in [0.3, 0.4) is 0 Å². The van der Waals surface area contributed by atoms with Gasteiger partial charge >= 0.3 is 0 Å². The van der Waals surface area contributed by atoms with Crippen molar-refractivity contribution < 1.29 is 18.7 Å². The summed E-state index contributed by atoms with van der Waals surface area (Å²) in [5, 5.41) is 7.05. The largest absolute Gasteiger partial charge is 0.472 e. The molecule has 0 aromatic carbocycles. The van der Waals surface area contributed by atoms with Gasteiger partial charge in [-0.25, -0.2) is 0 Å². The van der Waals surface area contributed by atoms with Crippen LogP contribution in [0.5, 0.6) is 0 Å². The Kier molecular flexibility index (Phi) is 5.49. The van der Waals surface area contributed by atoms with Crippen LogP contribution in [0.2, 0.25) is 0 Å². The molecule has 0 radical (unpaired) electrons. The molecule has 1 saturated heterocycles. The van der Waals surface area contributed by atoms with Crippen LogP contribution in [0.4, 0.5) is 0 Å². The Balaban J connectivity index is 1.50. The van der Waals surface area contributed by atoms with Crippen molar-refractivity contribution in [3.63, 3.8) is 0 Å². The number of hydrogen-bond donors (Lipinski definition) is 1. The summed E-state index contributed by atoms with van der Waals surface area (Å²) in [4.78, 5) is 26.4. The number of nitrogens with zero attached hydrogens (tertiary/aromatic N) is 3. The fourth-order valence-electron chi connectivity index (χ4n) is 2.83. The number of amides is 2. The maximum atomic E-state index is 12.5. The molecule has 3 rings (SSSR count). The molecule has 0 saturated carbocycles. The molecule has 0 unspecified atom stereocenters. The molecule has 1 N–H and O–H groups in total. The van der Waals surface area contributed by atoms with E-state index in [4.69, 9.17) is 9.15 Å². The molecular weight excluding hydrogens is 324 g/mol. The zero-order valence-corrected chi connectivity index (χ0v) is 14.2. The predicted octanol–water partition coefficient (Wildman–Crippen LogP) is 0.832. The normalized spacial score (nSPS) is 17.5. The molecule has 134 valence electrons. The standard InChI is InChI=1S/C17H22N4O4/c1-13-9-19-20(10-13)4-3-18-16(22)8-15-12-25-7-5-21(15)17(23)14-2-6-24-11-14/h2,6,9-11,15H,3-5,7-8,12H2,1H3,(H,18,22)/t15-/m0/s1. The summed E-state index contributed by atoms with van der Waals surface area (Å²) >= 11 is 0. The minimum absolute atomic E-state index is 0.107. The maximum Gasteiger partial charge on any atom is 0.257 e. The lowest BCUT2D eigenvalue weighted by molar-refractivity contribution is -0.123. The van der Waals surface area contributed by atoms with Gasteiger partial charge in [-0.15, -0.1) is 0 Å². The van der Waals surface area contributed by atoms with E-state index in [2.05, 4.69) is 10.4 Å². The molecule has 0 aliphatic carbocycles. The van der Waals surface area contributed by atoms with Crippen LogP contribution >= 0.6 is 0 Å². The molecule has 2 aromatic rings. The molecule has 1 aliphatic heterocycles. The monoisotopic (exact) mass is 346 g/mol. The molecule has 8 nitrogen and oxygen atoms in total. The Hall–Kier alpha value is -2.61. The number of carbonyl (C=O) groups is 2. The number of aromatic nitrogens is 2. The van der Waals surface area contributed by atoms with Crippen LogP contribution in [-0.4, -0.2) is 58.8 Å². The summed E-state index contributed by atoms with van der Waals surface area (Å²) in [6.07, 6.45) is 6.79. The summed E-state index contributed by atoms with van der Waals surface area (Å²) < 4.78 is 12.2. The van der Waals surface area contributed by atoms with Gasteiger partial charge in [0, 0.05) is 25.7 Å². The Morgan fingerprint density at radius 2 is 2.32 bits per heavy atom. The van der Waals surface area contributed by atoms with Gasteiger partial charge in [-0.2, -0.15) is 5.10 Å². The summed E-state index contributed by atoms with van der Waals surface area (Å²) in [6.45, 7) is 4.36. The highest BCUT2D eigenvalue weighted by molar-refractivity contribution is 5.94. The number of furan rings is 1. The fraction of sp³-hybridized carbons (Fsp3) is 0.471. The van der Waals surface area contributed by atoms with Gasteiger partial charge < -0.3 is 19.4 Å². The first-order chi connectivity index (χ1) is 12.1. The number of nitrogens with one attached hydrogen (secondary N) is 1. The first kappa shape index (κ1) is 17.2. The third-order valence-electron chi connectivity index (χ3n) is 4.10. The summed E-state index contributed by atoms with van der Waals surface area (Å²) in [5.74, 6) is -0.244. The lowest BCUT2D eigenvalue weighted by atomic mass is 10.1. The Morgan fingerprint density at radius 3 is 3.04 bits per heavy atom. The van der Waals surface area contributed by atoms with Crippen LogP contribution in [0.1, 0.15) is 22.3 Å². The minimum atomic E-state index is -0.275. The van der Waals surface area contributed by atoms with E-state index < -0.39 is 0 Å². The number of aryl methyl sites for hydroxylation is 1. The van der Waals surface area contributed by atoms with Crippen LogP contribution in [-0.2, 0) is 16.1 Å². The van der Waals surface area contributed by atoms with Crippen molar-refractivity contribution >= 4 is 11.8 Å². The Bertz CT molecular complexity index is 710. The van der Waals surface area contributed by atoms with Crippen LogP contribution < -0.4 is 5.32 Å². The van der Waals surface area contributed by atoms with Crippen LogP contribution in [0.25, 0.3) is 0 Å². The Labute approximate surface area is 145 Å². The van der Waals surface area contributed by atoms with Crippen LogP contribution in [0.15, 0.2) is 35.4 Å². The molecule has 0 bridgehead atoms. The third kappa shape index (κ3) is 4.48. The number of hydrogen-bond acceptors (Lipinski definition) is 5. The molecule has 2 amide bonds. The van der Waals surface area contributed by atoms with Crippen molar-refractivity contribution in [3.8, 4) is 0 Å². The smallest absolute Gasteiger partial charge is 0.257 e. The van der Waals surface area contributed by atoms with E-state index >= 15 is 0 Å². The summed E-state index contributed by atoms with van der Waals surface area (Å²) in [5.41, 5.74) is 1.57. The highest BCUT2D eigenvalue weighted by Gasteiger charge is 2.30. The van der Waals surface area contributed by atoms with Gasteiger partial charge in [0.15, 0.2) is 0 Å². The molecule has 3 heterocycles. The van der Waals surface area contributed by atoms with Gasteiger partial charge in [0.05, 0.1) is 43.8 Å². The van der Waals surface area contributed by atoms with E-state index in [1.165, 1.54) is 12.5 Å². The second kappa shape index (κ2) is 7.98. The van der Waals surface area contributed by atoms with Gasteiger partial charge in [0.1, 0.15) is 6.26 Å². The molecular formula is C17H22N4O4. The van der Waals surface area contributed by atoms with E-state index in [0.29, 0.717) is 38.4 Å². The lowest BCUT2D eigenvalue weighted by Crippen LogP contribution is -2.50. The highest BCUT2D eigenvalue weighted by atomic mass is 16.5. The molecule has 1 aliphatic rings. The summed E-state index contributed by atoms with van der Waals surface area (Å²) in [6, 6.07) is 1.35. The van der Waals surface area contributed by atoms with E-state index in [1.807, 2.05) is 13.1 Å². The van der Waals surface area contributed by atoms with E-state index in [1.54, 1.807) is 21.8 Å². The van der Waals surface area contributed by atoms with Crippen molar-refractivity contribution in [1.82, 2.24) is 20.0 Å². The second-order valence-electron chi connectivity index (χ2n) is 6.07. The zero-order chi connectivity index (χ0) is 17.6. The SMILES string of the molecule is Cc1cnn(CCNC(=O)C[C@H]2COCCN2C(=O)c2ccoc2)c1. The van der Waals surface area contributed by atoms with Crippen molar-refractivity contribution in [2.75, 3.05) is 26.3 Å². The lowest BCUT2D eigenvalue weighted by Gasteiger charge is -2.35. The van der Waals surface area contributed by atoms with Crippen LogP contribution in [0, 0.1) is 6.92 Å². The fourth-order valence-corrected chi connectivity index (χ4v) is 2.83. The number of morpholine rings is 1. The minimum Gasteiger partial charge on any atom is -0.472 e. The summed E-state index contributed by atoms with van der Waals surface area (Å²) in [7, 11) is 0. The topological polar surface area (TPSA) is 89.6 Å². The number of ether oxygens (including phenoxy) is 1. The first-order valence-electron chi connectivity index (χ1n) is 8.30. The average molecular weight is 346 g/mol. The number of rotatable bonds is 6. The molecule has 25 heavy (non-hydrogen) atoms. The van der Waals surface area contributed by atoms with Crippen molar-refractivity contribution in [3.05, 3.63) is 42.1 Å². The molecule has 1 atom stereocenters. The van der Waals surface area contributed by atoms with Gasteiger partial charge in [0.2, 0.25) is 5.91 Å². The van der Waals surface area contributed by atoms with E-state index in [9.17, 15) is 9.59 Å². The van der Waals surface area contributed by atoms with Gasteiger partial charge in [-0.3, -0.25) is 14.3 Å². The highest BCUT2D eigenvalue weighted by Crippen LogP contribution is 2.15. The maximum absolute atomic E-state index is 12.5. The van der Waals surface area contributed by atoms with Crippen molar-refractivity contribution in [1.29, 1.82) is 0 Å². The van der Waals surface area contributed by atoms with Gasteiger partial charge in [0.25, 0.3) is 5.91 Å². The quantitative estimate of drug-likeness (QED) is 0.837. The second-order valence-corrected chi connectivity index (χ2v) is 6.07. The Morgan fingerprint density at radius 1 is 1.44 bits per heavy atom. The molecule has 1 fully saturated rings.